The molecule has 0 fully saturated rings. The maximum Gasteiger partial charge on any atom is 0.313 e. The molecule has 0 saturated heterocycles. The zero-order chi connectivity index (χ0) is 13.5. The number of ether oxygens (including phenoxy) is 1. The summed E-state index contributed by atoms with van der Waals surface area (Å²) < 4.78 is 30.2. The maximum atomic E-state index is 11.9. The van der Waals surface area contributed by atoms with Gasteiger partial charge in [-0.25, -0.2) is 13.8 Å². The van der Waals surface area contributed by atoms with Crippen molar-refractivity contribution in [1.29, 1.82) is 0 Å². The molecular weight excluding hydrogens is 266 g/mol. The molecule has 0 bridgehead atoms. The van der Waals surface area contributed by atoms with Crippen molar-refractivity contribution < 1.29 is 23.4 Å². The van der Waals surface area contributed by atoms with Crippen LogP contribution in [0.3, 0.4) is 0 Å². The highest BCUT2D eigenvalue weighted by molar-refractivity contribution is 7.99. The van der Waals surface area contributed by atoms with Crippen LogP contribution in [0.5, 0.6) is 0 Å². The summed E-state index contributed by atoms with van der Waals surface area (Å²) in [4.78, 5) is 14.5. The molecule has 8 heteroatoms. The SMILES string of the molecule is Cc1cnc(SCC(=O)O)n1CCOCC(F)F. The molecule has 0 amide bonds. The van der Waals surface area contributed by atoms with Crippen LogP contribution in [0.2, 0.25) is 0 Å². The first kappa shape index (κ1) is 14.9. The van der Waals surface area contributed by atoms with Gasteiger partial charge in [0.2, 0.25) is 0 Å². The van der Waals surface area contributed by atoms with Crippen molar-refractivity contribution >= 4 is 17.7 Å². The number of aromatic nitrogens is 2. The average molecular weight is 280 g/mol. The maximum absolute atomic E-state index is 11.9. The highest BCUT2D eigenvalue weighted by Gasteiger charge is 2.10. The predicted molar refractivity (Wildman–Crippen MR) is 62.1 cm³/mol. The normalized spacial score (nSPS) is 11.1. The zero-order valence-electron chi connectivity index (χ0n) is 9.81. The number of carboxylic acid groups (broad SMARTS) is 1. The Hall–Kier alpha value is -1.15. The number of alkyl halides is 2. The highest BCUT2D eigenvalue weighted by Crippen LogP contribution is 2.17. The van der Waals surface area contributed by atoms with Gasteiger partial charge in [-0.3, -0.25) is 4.79 Å². The third-order valence-electron chi connectivity index (χ3n) is 2.05. The van der Waals surface area contributed by atoms with Gasteiger partial charge in [0, 0.05) is 18.4 Å². The number of halogens is 2. The van der Waals surface area contributed by atoms with Gasteiger partial charge in [-0.05, 0) is 6.92 Å². The van der Waals surface area contributed by atoms with E-state index in [-0.39, 0.29) is 12.4 Å². The molecular formula is C10H14F2N2O3S. The number of thioether (sulfide) groups is 1. The lowest BCUT2D eigenvalue weighted by Crippen LogP contribution is -2.12. The second kappa shape index (κ2) is 7.32. The molecule has 0 aromatic carbocycles. The molecule has 1 N–H and O–H groups in total. The van der Waals surface area contributed by atoms with E-state index in [1.54, 1.807) is 10.8 Å². The van der Waals surface area contributed by atoms with Crippen LogP contribution < -0.4 is 0 Å². The molecule has 0 radical (unpaired) electrons. The Balaban J connectivity index is 2.47. The van der Waals surface area contributed by atoms with Crippen LogP contribution in [-0.4, -0.2) is 46.0 Å². The zero-order valence-corrected chi connectivity index (χ0v) is 10.6. The summed E-state index contributed by atoms with van der Waals surface area (Å²) in [7, 11) is 0. The fourth-order valence-electron chi connectivity index (χ4n) is 1.28. The highest BCUT2D eigenvalue weighted by atomic mass is 32.2. The van der Waals surface area contributed by atoms with Crippen LogP contribution in [0.15, 0.2) is 11.4 Å². The largest absolute Gasteiger partial charge is 0.481 e. The van der Waals surface area contributed by atoms with Crippen LogP contribution in [0.25, 0.3) is 0 Å². The van der Waals surface area contributed by atoms with Crippen molar-refractivity contribution in [3.05, 3.63) is 11.9 Å². The number of carbonyl (C=O) groups is 1. The van der Waals surface area contributed by atoms with E-state index in [4.69, 9.17) is 9.84 Å². The molecule has 0 aliphatic heterocycles. The summed E-state index contributed by atoms with van der Waals surface area (Å²) in [6.45, 7) is 1.74. The minimum Gasteiger partial charge on any atom is -0.481 e. The van der Waals surface area contributed by atoms with E-state index in [1.807, 2.05) is 6.92 Å². The lowest BCUT2D eigenvalue weighted by molar-refractivity contribution is -0.133. The molecule has 18 heavy (non-hydrogen) atoms. The van der Waals surface area contributed by atoms with Crippen molar-refractivity contribution in [2.75, 3.05) is 19.0 Å². The molecule has 1 aromatic heterocycles. The van der Waals surface area contributed by atoms with Crippen molar-refractivity contribution in [2.45, 2.75) is 25.1 Å². The number of carboxylic acids is 1. The van der Waals surface area contributed by atoms with Crippen LogP contribution in [0.4, 0.5) is 8.78 Å². The second-order valence-electron chi connectivity index (χ2n) is 3.48. The van der Waals surface area contributed by atoms with E-state index in [2.05, 4.69) is 4.98 Å². The summed E-state index contributed by atoms with van der Waals surface area (Å²) in [5.74, 6) is -1.02. The first-order valence-electron chi connectivity index (χ1n) is 5.23. The van der Waals surface area contributed by atoms with E-state index in [9.17, 15) is 13.6 Å². The summed E-state index contributed by atoms with van der Waals surface area (Å²) in [5.41, 5.74) is 0.837. The molecule has 0 unspecified atom stereocenters. The number of hydrogen-bond donors (Lipinski definition) is 1. The third kappa shape index (κ3) is 5.01. The van der Waals surface area contributed by atoms with E-state index in [0.29, 0.717) is 11.7 Å². The van der Waals surface area contributed by atoms with Gasteiger partial charge < -0.3 is 14.4 Å². The molecule has 1 heterocycles. The Morgan fingerprint density at radius 1 is 1.67 bits per heavy atom. The molecule has 102 valence electrons. The van der Waals surface area contributed by atoms with E-state index >= 15 is 0 Å². The van der Waals surface area contributed by atoms with Crippen molar-refractivity contribution in [3.8, 4) is 0 Å². The van der Waals surface area contributed by atoms with Crippen molar-refractivity contribution in [1.82, 2.24) is 9.55 Å². The fourth-order valence-corrected chi connectivity index (χ4v) is 2.05. The van der Waals surface area contributed by atoms with Gasteiger partial charge >= 0.3 is 5.97 Å². The first-order chi connectivity index (χ1) is 8.50. The van der Waals surface area contributed by atoms with Crippen LogP contribution in [0.1, 0.15) is 5.69 Å². The summed E-state index contributed by atoms with van der Waals surface area (Å²) in [6, 6.07) is 0. The molecule has 0 atom stereocenters. The monoisotopic (exact) mass is 280 g/mol. The van der Waals surface area contributed by atoms with Gasteiger partial charge in [0.25, 0.3) is 6.43 Å². The van der Waals surface area contributed by atoms with E-state index < -0.39 is 19.0 Å². The second-order valence-corrected chi connectivity index (χ2v) is 4.42. The van der Waals surface area contributed by atoms with Gasteiger partial charge in [-0.1, -0.05) is 11.8 Å². The number of imidazole rings is 1. The molecule has 0 aliphatic carbocycles. The van der Waals surface area contributed by atoms with Gasteiger partial charge in [-0.2, -0.15) is 0 Å². The molecule has 5 nitrogen and oxygen atoms in total. The minimum atomic E-state index is -2.48. The van der Waals surface area contributed by atoms with Gasteiger partial charge in [0.05, 0.1) is 12.4 Å². The van der Waals surface area contributed by atoms with Crippen molar-refractivity contribution in [2.24, 2.45) is 0 Å². The minimum absolute atomic E-state index is 0.0889. The number of rotatable bonds is 8. The molecule has 0 aliphatic rings. The predicted octanol–water partition coefficient (Wildman–Crippen LogP) is 1.65. The number of hydrogen-bond acceptors (Lipinski definition) is 4. The molecule has 1 aromatic rings. The first-order valence-corrected chi connectivity index (χ1v) is 6.22. The van der Waals surface area contributed by atoms with Crippen LogP contribution in [-0.2, 0) is 16.1 Å². The topological polar surface area (TPSA) is 64.3 Å². The number of aryl methyl sites for hydroxylation is 1. The lowest BCUT2D eigenvalue weighted by Gasteiger charge is -2.09. The summed E-state index contributed by atoms with van der Waals surface area (Å²) >= 11 is 1.09. The van der Waals surface area contributed by atoms with Gasteiger partial charge in [0.15, 0.2) is 5.16 Å². The lowest BCUT2D eigenvalue weighted by atomic mass is 10.5. The smallest absolute Gasteiger partial charge is 0.313 e. The Kier molecular flexibility index (Phi) is 6.06. The number of aliphatic carboxylic acids is 1. The molecule has 0 spiro atoms. The summed E-state index contributed by atoms with van der Waals surface area (Å²) in [5, 5.41) is 9.13. The average Bonchev–Trinajstić information content (AvgIpc) is 2.63. The number of nitrogens with zero attached hydrogens (tertiary/aromatic N) is 2. The summed E-state index contributed by atoms with van der Waals surface area (Å²) in [6.07, 6.45) is -0.869. The third-order valence-corrected chi connectivity index (χ3v) is 3.02. The quantitative estimate of drug-likeness (QED) is 0.579. The Bertz CT molecular complexity index is 398. The Morgan fingerprint density at radius 2 is 2.39 bits per heavy atom. The Morgan fingerprint density at radius 3 is 3.00 bits per heavy atom. The van der Waals surface area contributed by atoms with Crippen LogP contribution in [0, 0.1) is 6.92 Å². The standard InChI is InChI=1S/C10H14F2N2O3S/c1-7-4-13-10(18-6-9(15)16)14(7)2-3-17-5-8(11)12/h4,8H,2-3,5-6H2,1H3,(H,15,16). The van der Waals surface area contributed by atoms with Crippen molar-refractivity contribution in [3.63, 3.8) is 0 Å². The fraction of sp³-hybridized carbons (Fsp3) is 0.600. The Labute approximate surface area is 107 Å². The van der Waals surface area contributed by atoms with Gasteiger partial charge in [0.1, 0.15) is 6.61 Å². The van der Waals surface area contributed by atoms with Crippen LogP contribution >= 0.6 is 11.8 Å². The van der Waals surface area contributed by atoms with Gasteiger partial charge in [-0.15, -0.1) is 0 Å². The van der Waals surface area contributed by atoms with E-state index in [1.165, 1.54) is 0 Å². The van der Waals surface area contributed by atoms with E-state index in [0.717, 1.165) is 17.5 Å². The molecule has 1 rings (SSSR count). The molecule has 0 saturated carbocycles.